The molecular formula is C17H24O4. The number of phenols is 1. The van der Waals surface area contributed by atoms with Crippen molar-refractivity contribution in [3.05, 3.63) is 17.7 Å². The van der Waals surface area contributed by atoms with E-state index in [1.807, 2.05) is 0 Å². The molecule has 0 aromatic heterocycles. The first-order valence-electron chi connectivity index (χ1n) is 7.62. The Labute approximate surface area is 126 Å². The monoisotopic (exact) mass is 292 g/mol. The van der Waals surface area contributed by atoms with Crippen molar-refractivity contribution >= 4 is 5.78 Å². The normalized spacial score (nSPS) is 19.7. The molecule has 1 fully saturated rings. The summed E-state index contributed by atoms with van der Waals surface area (Å²) in [5, 5.41) is 10.2. The van der Waals surface area contributed by atoms with Crippen molar-refractivity contribution in [3.8, 4) is 17.2 Å². The van der Waals surface area contributed by atoms with Gasteiger partial charge in [0, 0.05) is 30.0 Å². The molecule has 21 heavy (non-hydrogen) atoms. The van der Waals surface area contributed by atoms with Crippen molar-refractivity contribution < 1.29 is 19.4 Å². The molecule has 1 aliphatic rings. The average molecular weight is 292 g/mol. The van der Waals surface area contributed by atoms with Gasteiger partial charge in [-0.15, -0.1) is 0 Å². The lowest BCUT2D eigenvalue weighted by Gasteiger charge is -2.20. The Bertz CT molecular complexity index is 496. The predicted molar refractivity (Wildman–Crippen MR) is 81.1 cm³/mol. The zero-order valence-electron chi connectivity index (χ0n) is 12.9. The van der Waals surface area contributed by atoms with Crippen LogP contribution in [-0.4, -0.2) is 25.1 Å². The zero-order chi connectivity index (χ0) is 15.2. The van der Waals surface area contributed by atoms with Gasteiger partial charge in [-0.3, -0.25) is 4.79 Å². The molecule has 0 amide bonds. The van der Waals surface area contributed by atoms with E-state index in [-0.39, 0.29) is 11.7 Å². The maximum absolute atomic E-state index is 12.3. The Morgan fingerprint density at radius 3 is 2.62 bits per heavy atom. The second kappa shape index (κ2) is 7.34. The molecule has 1 saturated carbocycles. The number of methoxy groups -OCH3 is 2. The first-order chi connectivity index (χ1) is 10.2. The molecule has 1 aliphatic carbocycles. The van der Waals surface area contributed by atoms with E-state index in [4.69, 9.17) is 9.47 Å². The molecule has 0 radical (unpaired) electrons. The van der Waals surface area contributed by atoms with Gasteiger partial charge >= 0.3 is 0 Å². The lowest BCUT2D eigenvalue weighted by molar-refractivity contribution is -0.123. The van der Waals surface area contributed by atoms with E-state index in [1.54, 1.807) is 26.4 Å². The van der Waals surface area contributed by atoms with E-state index >= 15 is 0 Å². The highest BCUT2D eigenvalue weighted by Gasteiger charge is 2.23. The van der Waals surface area contributed by atoms with Crippen LogP contribution in [0.25, 0.3) is 0 Å². The molecular weight excluding hydrogens is 268 g/mol. The Morgan fingerprint density at radius 1 is 1.14 bits per heavy atom. The summed E-state index contributed by atoms with van der Waals surface area (Å²) in [6.07, 6.45) is 6.50. The first-order valence-corrected chi connectivity index (χ1v) is 7.62. The van der Waals surface area contributed by atoms with Crippen molar-refractivity contribution in [2.75, 3.05) is 14.2 Å². The van der Waals surface area contributed by atoms with Crippen molar-refractivity contribution in [1.82, 2.24) is 0 Å². The van der Waals surface area contributed by atoms with Crippen LogP contribution in [0.15, 0.2) is 12.1 Å². The van der Waals surface area contributed by atoms with Crippen LogP contribution in [0.2, 0.25) is 0 Å². The van der Waals surface area contributed by atoms with Gasteiger partial charge in [-0.1, -0.05) is 19.3 Å². The van der Waals surface area contributed by atoms with E-state index in [2.05, 4.69) is 0 Å². The third-order valence-electron chi connectivity index (χ3n) is 4.25. The van der Waals surface area contributed by atoms with Crippen molar-refractivity contribution in [1.29, 1.82) is 0 Å². The van der Waals surface area contributed by atoms with Gasteiger partial charge < -0.3 is 14.6 Å². The highest BCUT2D eigenvalue weighted by molar-refractivity contribution is 5.81. The maximum atomic E-state index is 12.3. The fourth-order valence-electron chi connectivity index (χ4n) is 2.98. The van der Waals surface area contributed by atoms with Gasteiger partial charge in [-0.2, -0.15) is 0 Å². The number of benzene rings is 1. The molecule has 116 valence electrons. The van der Waals surface area contributed by atoms with Crippen LogP contribution in [0.4, 0.5) is 0 Å². The number of phenolic OH excluding ortho intramolecular Hbond substituents is 1. The van der Waals surface area contributed by atoms with Gasteiger partial charge in [-0.25, -0.2) is 0 Å². The van der Waals surface area contributed by atoms with Crippen LogP contribution in [0.3, 0.4) is 0 Å². The van der Waals surface area contributed by atoms with Gasteiger partial charge in [0.1, 0.15) is 23.0 Å². The molecule has 0 heterocycles. The molecule has 4 nitrogen and oxygen atoms in total. The molecule has 0 aliphatic heterocycles. The van der Waals surface area contributed by atoms with E-state index in [0.717, 1.165) is 25.7 Å². The predicted octanol–water partition coefficient (Wildman–Crippen LogP) is 3.49. The van der Waals surface area contributed by atoms with Crippen LogP contribution in [0.5, 0.6) is 17.2 Å². The minimum absolute atomic E-state index is 0.0153. The minimum atomic E-state index is -0.0153. The van der Waals surface area contributed by atoms with Gasteiger partial charge in [0.15, 0.2) is 0 Å². The standard InChI is InChI=1S/C17H24O4/c1-20-13-10-16(19)14(17(11-13)21-2)9-12-7-5-3-4-6-8-15(12)18/h10-12,19H,3-9H2,1-2H3. The molecule has 0 bridgehead atoms. The summed E-state index contributed by atoms with van der Waals surface area (Å²) in [4.78, 5) is 12.3. The van der Waals surface area contributed by atoms with Gasteiger partial charge in [0.25, 0.3) is 0 Å². The van der Waals surface area contributed by atoms with Crippen molar-refractivity contribution in [2.45, 2.75) is 44.9 Å². The Kier molecular flexibility index (Phi) is 5.48. The SMILES string of the molecule is COc1cc(O)c(CC2CCCCCCC2=O)c(OC)c1. The first kappa shape index (κ1) is 15.7. The fourth-order valence-corrected chi connectivity index (χ4v) is 2.98. The lowest BCUT2D eigenvalue weighted by Crippen LogP contribution is -2.19. The molecule has 1 aromatic rings. The number of ketones is 1. The minimum Gasteiger partial charge on any atom is -0.507 e. The van der Waals surface area contributed by atoms with Crippen LogP contribution < -0.4 is 9.47 Å². The Hall–Kier alpha value is -1.71. The Morgan fingerprint density at radius 2 is 1.90 bits per heavy atom. The van der Waals surface area contributed by atoms with E-state index in [9.17, 15) is 9.90 Å². The van der Waals surface area contributed by atoms with Gasteiger partial charge in [0.2, 0.25) is 0 Å². The lowest BCUT2D eigenvalue weighted by atomic mass is 9.85. The maximum Gasteiger partial charge on any atom is 0.136 e. The molecule has 0 saturated heterocycles. The highest BCUT2D eigenvalue weighted by Crippen LogP contribution is 2.36. The molecule has 1 aromatic carbocycles. The number of hydrogen-bond donors (Lipinski definition) is 1. The van der Waals surface area contributed by atoms with Gasteiger partial charge in [0.05, 0.1) is 14.2 Å². The number of hydrogen-bond acceptors (Lipinski definition) is 4. The molecule has 1 atom stereocenters. The van der Waals surface area contributed by atoms with Crippen LogP contribution >= 0.6 is 0 Å². The third kappa shape index (κ3) is 3.90. The zero-order valence-corrected chi connectivity index (χ0v) is 12.9. The largest absolute Gasteiger partial charge is 0.507 e. The summed E-state index contributed by atoms with van der Waals surface area (Å²) in [6.45, 7) is 0. The summed E-state index contributed by atoms with van der Waals surface area (Å²) < 4.78 is 10.5. The van der Waals surface area contributed by atoms with E-state index < -0.39 is 0 Å². The topological polar surface area (TPSA) is 55.8 Å². The third-order valence-corrected chi connectivity index (χ3v) is 4.25. The van der Waals surface area contributed by atoms with Crippen molar-refractivity contribution in [3.63, 3.8) is 0 Å². The summed E-state index contributed by atoms with van der Waals surface area (Å²) in [5.74, 6) is 1.57. The van der Waals surface area contributed by atoms with Crippen LogP contribution in [0, 0.1) is 5.92 Å². The Balaban J connectivity index is 2.22. The number of Topliss-reactive ketones (excluding diaryl/α,β-unsaturated/α-hetero) is 1. The summed E-state index contributed by atoms with van der Waals surface area (Å²) in [5.41, 5.74) is 0.706. The second-order valence-electron chi connectivity index (χ2n) is 5.65. The highest BCUT2D eigenvalue weighted by atomic mass is 16.5. The summed E-state index contributed by atoms with van der Waals surface area (Å²) in [6, 6.07) is 3.33. The quantitative estimate of drug-likeness (QED) is 0.923. The van der Waals surface area contributed by atoms with Gasteiger partial charge in [-0.05, 0) is 19.3 Å². The van der Waals surface area contributed by atoms with E-state index in [0.29, 0.717) is 35.7 Å². The average Bonchev–Trinajstić information content (AvgIpc) is 2.47. The number of carbonyl (C=O) groups excluding carboxylic acids is 1. The molecule has 1 unspecified atom stereocenters. The molecule has 2 rings (SSSR count). The van der Waals surface area contributed by atoms with Crippen LogP contribution in [-0.2, 0) is 11.2 Å². The number of carbonyl (C=O) groups is 1. The fraction of sp³-hybridized carbons (Fsp3) is 0.588. The molecule has 0 spiro atoms. The molecule has 1 N–H and O–H groups in total. The van der Waals surface area contributed by atoms with E-state index in [1.165, 1.54) is 6.42 Å². The number of ether oxygens (including phenoxy) is 2. The van der Waals surface area contributed by atoms with Crippen molar-refractivity contribution in [2.24, 2.45) is 5.92 Å². The summed E-state index contributed by atoms with van der Waals surface area (Å²) >= 11 is 0. The molecule has 4 heteroatoms. The summed E-state index contributed by atoms with van der Waals surface area (Å²) in [7, 11) is 3.11. The smallest absolute Gasteiger partial charge is 0.136 e. The van der Waals surface area contributed by atoms with Crippen LogP contribution in [0.1, 0.15) is 44.1 Å². The number of aromatic hydroxyl groups is 1. The number of rotatable bonds is 4. The second-order valence-corrected chi connectivity index (χ2v) is 5.65.